The highest BCUT2D eigenvalue weighted by Crippen LogP contribution is 2.13. The van der Waals surface area contributed by atoms with Crippen LogP contribution in [0.25, 0.3) is 0 Å². The molecule has 0 aliphatic rings. The molecular formula is C20H27Br3O. The Morgan fingerprint density at radius 3 is 1.58 bits per heavy atom. The molecule has 0 amide bonds. The van der Waals surface area contributed by atoms with Crippen molar-refractivity contribution in [3.63, 3.8) is 0 Å². The van der Waals surface area contributed by atoms with E-state index in [0.29, 0.717) is 5.75 Å². The van der Waals surface area contributed by atoms with Crippen LogP contribution in [0.2, 0.25) is 0 Å². The van der Waals surface area contributed by atoms with E-state index in [0.717, 1.165) is 8.95 Å². The minimum atomic E-state index is 0.299. The lowest BCUT2D eigenvalue weighted by atomic mass is 10.2. The van der Waals surface area contributed by atoms with Gasteiger partial charge >= 0.3 is 0 Å². The molecule has 0 saturated carbocycles. The smallest absolute Gasteiger partial charge is 0.115 e. The van der Waals surface area contributed by atoms with Crippen LogP contribution in [0.1, 0.15) is 44.6 Å². The standard InChI is InChI=1S/C7H7Br.C7H15Br.C6H5BrO/c1-6-2-4-7(8)5-3-6;1-2-3-4-5-6-7-8;7-5-1-3-6(8)4-2-5/h2-5H,1H3;2-7H2,1H3;1-4,8H. The van der Waals surface area contributed by atoms with Gasteiger partial charge in [-0.2, -0.15) is 0 Å². The molecule has 134 valence electrons. The van der Waals surface area contributed by atoms with Gasteiger partial charge < -0.3 is 5.11 Å². The molecule has 0 aliphatic carbocycles. The van der Waals surface area contributed by atoms with Crippen LogP contribution in [0, 0.1) is 6.92 Å². The lowest BCUT2D eigenvalue weighted by Crippen LogP contribution is -1.76. The molecule has 1 nitrogen and oxygen atoms in total. The van der Waals surface area contributed by atoms with Crippen LogP contribution in [0.3, 0.4) is 0 Å². The Labute approximate surface area is 172 Å². The SMILES string of the molecule is CCCCCCCBr.Cc1ccc(Br)cc1.Oc1ccc(Br)cc1. The lowest BCUT2D eigenvalue weighted by Gasteiger charge is -1.93. The van der Waals surface area contributed by atoms with Gasteiger partial charge in [-0.15, -0.1) is 0 Å². The number of halogens is 3. The van der Waals surface area contributed by atoms with Crippen molar-refractivity contribution in [2.75, 3.05) is 5.33 Å². The van der Waals surface area contributed by atoms with Gasteiger partial charge in [0.1, 0.15) is 5.75 Å². The topological polar surface area (TPSA) is 20.2 Å². The van der Waals surface area contributed by atoms with Crippen molar-refractivity contribution in [3.8, 4) is 5.75 Å². The Morgan fingerprint density at radius 1 is 0.750 bits per heavy atom. The Morgan fingerprint density at radius 2 is 1.21 bits per heavy atom. The number of hydrogen-bond acceptors (Lipinski definition) is 1. The van der Waals surface area contributed by atoms with Crippen molar-refractivity contribution < 1.29 is 5.11 Å². The minimum Gasteiger partial charge on any atom is -0.508 e. The molecule has 0 aromatic heterocycles. The molecule has 0 unspecified atom stereocenters. The molecular weight excluding hydrogens is 496 g/mol. The molecule has 0 bridgehead atoms. The van der Waals surface area contributed by atoms with Crippen molar-refractivity contribution in [1.29, 1.82) is 0 Å². The summed E-state index contributed by atoms with van der Waals surface area (Å²) in [5.41, 5.74) is 1.30. The number of unbranched alkanes of at least 4 members (excludes halogenated alkanes) is 4. The zero-order chi connectivity index (χ0) is 18.2. The summed E-state index contributed by atoms with van der Waals surface area (Å²) in [6.07, 6.45) is 6.93. The van der Waals surface area contributed by atoms with E-state index in [4.69, 9.17) is 5.11 Å². The van der Waals surface area contributed by atoms with Crippen LogP contribution in [-0.4, -0.2) is 10.4 Å². The number of phenols is 1. The average molecular weight is 523 g/mol. The summed E-state index contributed by atoms with van der Waals surface area (Å²) >= 11 is 9.98. The lowest BCUT2D eigenvalue weighted by molar-refractivity contribution is 0.475. The van der Waals surface area contributed by atoms with E-state index < -0.39 is 0 Å². The quantitative estimate of drug-likeness (QED) is 0.309. The van der Waals surface area contributed by atoms with E-state index in [1.807, 2.05) is 12.1 Å². The highest BCUT2D eigenvalue weighted by atomic mass is 79.9. The van der Waals surface area contributed by atoms with Crippen LogP contribution < -0.4 is 0 Å². The second kappa shape index (κ2) is 16.2. The predicted molar refractivity (Wildman–Crippen MR) is 117 cm³/mol. The van der Waals surface area contributed by atoms with E-state index in [-0.39, 0.29) is 0 Å². The monoisotopic (exact) mass is 520 g/mol. The molecule has 0 atom stereocenters. The highest BCUT2D eigenvalue weighted by Gasteiger charge is 1.84. The summed E-state index contributed by atoms with van der Waals surface area (Å²) in [6, 6.07) is 15.1. The van der Waals surface area contributed by atoms with Gasteiger partial charge in [0.25, 0.3) is 0 Å². The summed E-state index contributed by atoms with van der Waals surface area (Å²) in [7, 11) is 0. The minimum absolute atomic E-state index is 0.299. The summed E-state index contributed by atoms with van der Waals surface area (Å²) in [5, 5.41) is 9.91. The second-order valence-electron chi connectivity index (χ2n) is 5.38. The maximum atomic E-state index is 8.74. The van der Waals surface area contributed by atoms with E-state index >= 15 is 0 Å². The average Bonchev–Trinajstić information content (AvgIpc) is 2.58. The number of alkyl halides is 1. The van der Waals surface area contributed by atoms with Crippen LogP contribution in [0.5, 0.6) is 5.75 Å². The van der Waals surface area contributed by atoms with Gasteiger partial charge in [-0.25, -0.2) is 0 Å². The second-order valence-corrected chi connectivity index (χ2v) is 8.00. The normalized spacial score (nSPS) is 9.38. The number of rotatable bonds is 5. The third-order valence-electron chi connectivity index (χ3n) is 3.07. The first kappa shape index (κ1) is 23.7. The van der Waals surface area contributed by atoms with Crippen LogP contribution in [0.4, 0.5) is 0 Å². The third-order valence-corrected chi connectivity index (χ3v) is 4.69. The van der Waals surface area contributed by atoms with Gasteiger partial charge in [0.2, 0.25) is 0 Å². The number of phenolic OH excluding ortho intramolecular Hbond substituents is 1. The number of hydrogen-bond donors (Lipinski definition) is 1. The molecule has 0 aliphatic heterocycles. The van der Waals surface area contributed by atoms with E-state index in [1.165, 1.54) is 43.0 Å². The summed E-state index contributed by atoms with van der Waals surface area (Å²) < 4.78 is 2.12. The zero-order valence-electron chi connectivity index (χ0n) is 14.4. The number of aryl methyl sites for hydroxylation is 1. The zero-order valence-corrected chi connectivity index (χ0v) is 19.2. The molecule has 24 heavy (non-hydrogen) atoms. The van der Waals surface area contributed by atoms with Crippen LogP contribution >= 0.6 is 47.8 Å². The van der Waals surface area contributed by atoms with E-state index in [1.54, 1.807) is 24.3 Å². The Bertz CT molecular complexity index is 418. The van der Waals surface area contributed by atoms with Crippen LogP contribution in [0.15, 0.2) is 57.5 Å². The van der Waals surface area contributed by atoms with E-state index in [9.17, 15) is 0 Å². The Kier molecular flexibility index (Phi) is 15.9. The fraction of sp³-hybridized carbons (Fsp3) is 0.400. The van der Waals surface area contributed by atoms with Crippen molar-refractivity contribution in [3.05, 3.63) is 63.0 Å². The first-order chi connectivity index (χ1) is 11.5. The van der Waals surface area contributed by atoms with Gasteiger partial charge in [0.05, 0.1) is 0 Å². The van der Waals surface area contributed by atoms with Crippen molar-refractivity contribution in [1.82, 2.24) is 0 Å². The molecule has 4 heteroatoms. The first-order valence-corrected chi connectivity index (χ1v) is 10.9. The van der Waals surface area contributed by atoms with Gasteiger partial charge in [-0.3, -0.25) is 0 Å². The maximum Gasteiger partial charge on any atom is 0.115 e. The molecule has 0 heterocycles. The van der Waals surface area contributed by atoms with Crippen LogP contribution in [-0.2, 0) is 0 Å². The molecule has 1 N–H and O–H groups in total. The molecule has 2 aromatic rings. The first-order valence-electron chi connectivity index (χ1n) is 8.22. The van der Waals surface area contributed by atoms with Gasteiger partial charge in [0.15, 0.2) is 0 Å². The molecule has 0 spiro atoms. The molecule has 2 aromatic carbocycles. The molecule has 0 saturated heterocycles. The van der Waals surface area contributed by atoms with Gasteiger partial charge in [0, 0.05) is 14.3 Å². The maximum absolute atomic E-state index is 8.74. The Hall–Kier alpha value is -0.320. The van der Waals surface area contributed by atoms with Crippen molar-refractivity contribution in [2.24, 2.45) is 0 Å². The predicted octanol–water partition coefficient (Wildman–Crippen LogP) is 8.26. The number of benzene rings is 2. The van der Waals surface area contributed by atoms with Gasteiger partial charge in [-0.1, -0.05) is 98.1 Å². The largest absolute Gasteiger partial charge is 0.508 e. The van der Waals surface area contributed by atoms with E-state index in [2.05, 4.69) is 73.8 Å². The summed E-state index contributed by atoms with van der Waals surface area (Å²) in [4.78, 5) is 0. The fourth-order valence-corrected chi connectivity index (χ4v) is 2.60. The molecule has 0 fully saturated rings. The number of aromatic hydroxyl groups is 1. The molecule has 0 radical (unpaired) electrons. The summed E-state index contributed by atoms with van der Waals surface area (Å²) in [5.74, 6) is 0.299. The van der Waals surface area contributed by atoms with Crippen molar-refractivity contribution >= 4 is 47.8 Å². The third kappa shape index (κ3) is 15.2. The highest BCUT2D eigenvalue weighted by molar-refractivity contribution is 9.10. The fourth-order valence-electron chi connectivity index (χ4n) is 1.67. The molecule has 2 rings (SSSR count). The van der Waals surface area contributed by atoms with Gasteiger partial charge in [-0.05, 0) is 49.7 Å². The Balaban J connectivity index is 0.000000331. The summed E-state index contributed by atoms with van der Waals surface area (Å²) in [6.45, 7) is 4.32. The van der Waals surface area contributed by atoms with Crippen molar-refractivity contribution in [2.45, 2.75) is 46.0 Å².